The fourth-order valence-electron chi connectivity index (χ4n) is 9.28. The fourth-order valence-corrected chi connectivity index (χ4v) is 9.28. The lowest BCUT2D eigenvalue weighted by molar-refractivity contribution is 0.669. The van der Waals surface area contributed by atoms with E-state index in [2.05, 4.69) is 127 Å². The maximum atomic E-state index is 6.17. The van der Waals surface area contributed by atoms with E-state index < -0.39 is 5.41 Å². The molecule has 54 heavy (non-hydrogen) atoms. The topological polar surface area (TPSA) is 51.8 Å². The smallest absolute Gasteiger partial charge is 0.164 e. The molecule has 4 nitrogen and oxygen atoms in total. The van der Waals surface area contributed by atoms with Crippen LogP contribution in [0.4, 0.5) is 0 Å². The molecule has 0 fully saturated rings. The van der Waals surface area contributed by atoms with Gasteiger partial charge in [-0.1, -0.05) is 146 Å². The van der Waals surface area contributed by atoms with Gasteiger partial charge >= 0.3 is 0 Å². The number of furan rings is 1. The molecule has 2 aliphatic rings. The Balaban J connectivity index is 1.13. The predicted octanol–water partition coefficient (Wildman–Crippen LogP) is 12.3. The van der Waals surface area contributed by atoms with Crippen molar-refractivity contribution in [3.63, 3.8) is 0 Å². The molecule has 0 saturated carbocycles. The van der Waals surface area contributed by atoms with Gasteiger partial charge in [0.15, 0.2) is 17.5 Å². The highest BCUT2D eigenvalue weighted by Gasteiger charge is 2.50. The minimum Gasteiger partial charge on any atom is -0.456 e. The molecule has 250 valence electrons. The van der Waals surface area contributed by atoms with Crippen LogP contribution in [0.15, 0.2) is 180 Å². The second kappa shape index (κ2) is 10.9. The Bertz CT molecular complexity index is 3170. The van der Waals surface area contributed by atoms with E-state index in [-0.39, 0.29) is 0 Å². The summed E-state index contributed by atoms with van der Waals surface area (Å²) in [4.78, 5) is 15.5. The molecule has 0 bridgehead atoms. The Labute approximate surface area is 311 Å². The fraction of sp³-hybridized carbons (Fsp3) is 0.0200. The number of fused-ring (bicyclic) bond motifs is 12. The number of aromatic nitrogens is 3. The van der Waals surface area contributed by atoms with E-state index in [1.807, 2.05) is 48.5 Å². The zero-order valence-corrected chi connectivity index (χ0v) is 29.0. The lowest BCUT2D eigenvalue weighted by atomic mass is 9.61. The normalized spacial score (nSPS) is 15.1. The van der Waals surface area contributed by atoms with Crippen LogP contribution in [-0.2, 0) is 5.41 Å². The van der Waals surface area contributed by atoms with E-state index in [1.165, 1.54) is 55.3 Å². The first-order valence-corrected chi connectivity index (χ1v) is 18.4. The Kier molecular flexibility index (Phi) is 5.95. The van der Waals surface area contributed by atoms with Crippen molar-refractivity contribution in [2.24, 2.45) is 0 Å². The van der Waals surface area contributed by atoms with Gasteiger partial charge in [0, 0.05) is 27.5 Å². The number of hydrogen-bond acceptors (Lipinski definition) is 4. The van der Waals surface area contributed by atoms with Gasteiger partial charge in [-0.2, -0.15) is 0 Å². The van der Waals surface area contributed by atoms with Crippen LogP contribution < -0.4 is 0 Å². The number of nitrogens with zero attached hydrogens (tertiary/aromatic N) is 3. The summed E-state index contributed by atoms with van der Waals surface area (Å²) >= 11 is 0. The molecule has 10 aromatic rings. The first kappa shape index (κ1) is 29.4. The molecule has 0 radical (unpaired) electrons. The standard InChI is InChI=1S/C50H29N3O/c1-2-12-31(13-3-1)47-51-48(32-25-27-45-39(28-32)37-18-6-9-23-44(37)54-45)53-49(52-47)33-24-26-36-34-16-4-7-20-40(34)50(43(36)29-33)41-21-8-5-17-35(41)38-19-10-14-30-15-11-22-42(50)46(30)38/h1-29H. The van der Waals surface area contributed by atoms with Gasteiger partial charge in [-0.05, 0) is 85.6 Å². The molecule has 0 saturated heterocycles. The van der Waals surface area contributed by atoms with Crippen molar-refractivity contribution < 1.29 is 4.42 Å². The number of hydrogen-bond donors (Lipinski definition) is 0. The molecular formula is C50H29N3O. The molecule has 4 heteroatoms. The Hall–Kier alpha value is -7.17. The van der Waals surface area contributed by atoms with Gasteiger partial charge in [0.1, 0.15) is 11.2 Å². The summed E-state index contributed by atoms with van der Waals surface area (Å²) in [6, 6.07) is 62.7. The molecule has 1 unspecified atom stereocenters. The van der Waals surface area contributed by atoms with Gasteiger partial charge in [-0.15, -0.1) is 0 Å². The summed E-state index contributed by atoms with van der Waals surface area (Å²) in [6.07, 6.45) is 0. The van der Waals surface area contributed by atoms with Gasteiger partial charge in [0.05, 0.1) is 5.41 Å². The summed E-state index contributed by atoms with van der Waals surface area (Å²) in [7, 11) is 0. The summed E-state index contributed by atoms with van der Waals surface area (Å²) in [5.41, 5.74) is 14.1. The van der Waals surface area contributed by atoms with Crippen molar-refractivity contribution in [2.75, 3.05) is 0 Å². The Morgan fingerprint density at radius 3 is 1.70 bits per heavy atom. The molecule has 2 aromatic heterocycles. The van der Waals surface area contributed by atoms with E-state index in [4.69, 9.17) is 19.4 Å². The molecule has 1 spiro atoms. The quantitative estimate of drug-likeness (QED) is 0.185. The van der Waals surface area contributed by atoms with E-state index in [0.717, 1.165) is 38.6 Å². The third-order valence-electron chi connectivity index (χ3n) is 11.5. The lowest BCUT2D eigenvalue weighted by Crippen LogP contribution is -2.31. The Morgan fingerprint density at radius 1 is 0.352 bits per heavy atom. The zero-order chi connectivity index (χ0) is 35.4. The second-order valence-electron chi connectivity index (χ2n) is 14.3. The largest absolute Gasteiger partial charge is 0.456 e. The lowest BCUT2D eigenvalue weighted by Gasteiger charge is -2.40. The van der Waals surface area contributed by atoms with Gasteiger partial charge in [0.2, 0.25) is 0 Å². The minimum atomic E-state index is -0.530. The molecule has 1 atom stereocenters. The first-order valence-electron chi connectivity index (χ1n) is 18.4. The van der Waals surface area contributed by atoms with Gasteiger partial charge in [-0.25, -0.2) is 15.0 Å². The highest BCUT2D eigenvalue weighted by molar-refractivity contribution is 6.08. The number of rotatable bonds is 3. The van der Waals surface area contributed by atoms with Crippen LogP contribution in [0.25, 0.3) is 89.1 Å². The molecule has 2 aliphatic carbocycles. The maximum Gasteiger partial charge on any atom is 0.164 e. The number of benzene rings is 8. The molecule has 8 aromatic carbocycles. The molecule has 0 amide bonds. The van der Waals surface area contributed by atoms with Crippen LogP contribution in [0.2, 0.25) is 0 Å². The number of para-hydroxylation sites is 1. The summed E-state index contributed by atoms with van der Waals surface area (Å²) in [5.74, 6) is 1.88. The van der Waals surface area contributed by atoms with Crippen molar-refractivity contribution >= 4 is 32.7 Å². The van der Waals surface area contributed by atoms with Crippen LogP contribution in [0.5, 0.6) is 0 Å². The van der Waals surface area contributed by atoms with Crippen LogP contribution >= 0.6 is 0 Å². The minimum absolute atomic E-state index is 0.530. The van der Waals surface area contributed by atoms with Crippen molar-refractivity contribution in [2.45, 2.75) is 5.41 Å². The summed E-state index contributed by atoms with van der Waals surface area (Å²) in [6.45, 7) is 0. The predicted molar refractivity (Wildman–Crippen MR) is 217 cm³/mol. The highest BCUT2D eigenvalue weighted by atomic mass is 16.3. The zero-order valence-electron chi connectivity index (χ0n) is 29.0. The average Bonchev–Trinajstić information content (AvgIpc) is 3.76. The van der Waals surface area contributed by atoms with E-state index in [1.54, 1.807) is 0 Å². The van der Waals surface area contributed by atoms with E-state index in [0.29, 0.717) is 17.5 Å². The Morgan fingerprint density at radius 2 is 0.907 bits per heavy atom. The molecule has 0 aliphatic heterocycles. The van der Waals surface area contributed by atoms with E-state index in [9.17, 15) is 0 Å². The monoisotopic (exact) mass is 687 g/mol. The average molecular weight is 688 g/mol. The SMILES string of the molecule is c1ccc(-c2nc(-c3ccc4c(c3)C3(c5ccccc5-4)c4ccccc4-c4cccc5cccc3c45)nc(-c3ccc4oc5ccccc5c4c3)n2)cc1. The van der Waals surface area contributed by atoms with Crippen LogP contribution in [0, 0.1) is 0 Å². The van der Waals surface area contributed by atoms with Gasteiger partial charge < -0.3 is 4.42 Å². The maximum absolute atomic E-state index is 6.17. The molecule has 2 heterocycles. The summed E-state index contributed by atoms with van der Waals surface area (Å²) in [5, 5.41) is 4.66. The van der Waals surface area contributed by atoms with Crippen molar-refractivity contribution in [1.82, 2.24) is 15.0 Å². The molecular weight excluding hydrogens is 659 g/mol. The van der Waals surface area contributed by atoms with Crippen LogP contribution in [0.3, 0.4) is 0 Å². The molecule has 12 rings (SSSR count). The van der Waals surface area contributed by atoms with Crippen molar-refractivity contribution in [1.29, 1.82) is 0 Å². The van der Waals surface area contributed by atoms with Crippen LogP contribution in [0.1, 0.15) is 22.3 Å². The summed E-state index contributed by atoms with van der Waals surface area (Å²) < 4.78 is 6.17. The highest BCUT2D eigenvalue weighted by Crippen LogP contribution is 2.62. The van der Waals surface area contributed by atoms with Crippen molar-refractivity contribution in [3.05, 3.63) is 198 Å². The second-order valence-corrected chi connectivity index (χ2v) is 14.3. The van der Waals surface area contributed by atoms with Gasteiger partial charge in [-0.3, -0.25) is 0 Å². The first-order chi connectivity index (χ1) is 26.8. The third-order valence-corrected chi connectivity index (χ3v) is 11.5. The van der Waals surface area contributed by atoms with Gasteiger partial charge in [0.25, 0.3) is 0 Å². The van der Waals surface area contributed by atoms with Crippen LogP contribution in [-0.4, -0.2) is 15.0 Å². The van der Waals surface area contributed by atoms with E-state index >= 15 is 0 Å². The van der Waals surface area contributed by atoms with Crippen molar-refractivity contribution in [3.8, 4) is 56.4 Å². The molecule has 0 N–H and O–H groups in total. The third kappa shape index (κ3) is 3.94.